The Balaban J connectivity index is 3.38. The summed E-state index contributed by atoms with van der Waals surface area (Å²) in [6.07, 6.45) is -2.15. The molecule has 7 heteroatoms. The molecule has 1 aromatic rings. The van der Waals surface area contributed by atoms with Gasteiger partial charge in [-0.2, -0.15) is 0 Å². The molecular formula is C10H11F2NO4. The lowest BCUT2D eigenvalue weighted by molar-refractivity contribution is 0.0509. The molecule has 0 spiro atoms. The maximum Gasteiger partial charge on any atom is 0.342 e. The molecule has 0 atom stereocenters. The number of hydrogen-bond donors (Lipinski definition) is 1. The second-order valence-corrected chi connectivity index (χ2v) is 2.96. The fraction of sp³-hybridized carbons (Fsp3) is 0.400. The number of pyridine rings is 1. The summed E-state index contributed by atoms with van der Waals surface area (Å²) in [6, 6.07) is 0. The van der Waals surface area contributed by atoms with Crippen molar-refractivity contribution in [1.82, 2.24) is 4.98 Å². The molecule has 0 bridgehead atoms. The first-order valence-electron chi connectivity index (χ1n) is 4.74. The molecule has 1 N–H and O–H groups in total. The third kappa shape index (κ3) is 2.61. The van der Waals surface area contributed by atoms with Crippen molar-refractivity contribution in [1.29, 1.82) is 0 Å². The lowest BCUT2D eigenvalue weighted by atomic mass is 10.1. The number of carbonyl (C=O) groups excluding carboxylic acids is 1. The van der Waals surface area contributed by atoms with E-state index in [0.29, 0.717) is 0 Å². The molecule has 0 aromatic carbocycles. The quantitative estimate of drug-likeness (QED) is 0.823. The summed E-state index contributed by atoms with van der Waals surface area (Å²) >= 11 is 0. The number of ether oxygens (including phenoxy) is 2. The fourth-order valence-electron chi connectivity index (χ4n) is 1.28. The van der Waals surface area contributed by atoms with Gasteiger partial charge in [-0.15, -0.1) is 0 Å². The van der Waals surface area contributed by atoms with Gasteiger partial charge < -0.3 is 14.6 Å². The zero-order chi connectivity index (χ0) is 13.0. The van der Waals surface area contributed by atoms with Crippen molar-refractivity contribution in [3.8, 4) is 11.6 Å². The predicted octanol–water partition coefficient (Wildman–Crippen LogP) is 1.91. The number of aromatic nitrogens is 1. The molecule has 0 saturated carbocycles. The van der Waals surface area contributed by atoms with Gasteiger partial charge in [-0.3, -0.25) is 0 Å². The summed E-state index contributed by atoms with van der Waals surface area (Å²) in [5, 5.41) is 9.41. The first kappa shape index (κ1) is 13.1. The van der Waals surface area contributed by atoms with E-state index in [9.17, 15) is 18.7 Å². The Morgan fingerprint density at radius 1 is 1.59 bits per heavy atom. The Labute approximate surface area is 96.0 Å². The zero-order valence-electron chi connectivity index (χ0n) is 9.24. The van der Waals surface area contributed by atoms with Gasteiger partial charge in [-0.1, -0.05) is 0 Å². The lowest BCUT2D eigenvalue weighted by Crippen LogP contribution is -2.11. The third-order valence-corrected chi connectivity index (χ3v) is 1.95. The van der Waals surface area contributed by atoms with Crippen LogP contribution in [0.15, 0.2) is 6.20 Å². The van der Waals surface area contributed by atoms with E-state index in [2.05, 4.69) is 14.5 Å². The van der Waals surface area contributed by atoms with Crippen LogP contribution in [0, 0.1) is 0 Å². The molecule has 0 fully saturated rings. The molecule has 0 aliphatic rings. The highest BCUT2D eigenvalue weighted by Crippen LogP contribution is 2.35. The average Bonchev–Trinajstić information content (AvgIpc) is 2.28. The lowest BCUT2D eigenvalue weighted by Gasteiger charge is -2.12. The minimum Gasteiger partial charge on any atom is -0.505 e. The maximum atomic E-state index is 12.8. The van der Waals surface area contributed by atoms with E-state index in [1.807, 2.05) is 0 Å². The van der Waals surface area contributed by atoms with Crippen LogP contribution in [0.4, 0.5) is 8.78 Å². The summed E-state index contributed by atoms with van der Waals surface area (Å²) in [7, 11) is 1.14. The molecule has 1 aromatic heterocycles. The molecule has 5 nitrogen and oxygen atoms in total. The molecule has 1 heterocycles. The summed E-state index contributed by atoms with van der Waals surface area (Å²) in [4.78, 5) is 14.9. The van der Waals surface area contributed by atoms with Crippen molar-refractivity contribution in [2.24, 2.45) is 0 Å². The maximum absolute atomic E-state index is 12.8. The number of halogens is 2. The molecule has 0 unspecified atom stereocenters. The third-order valence-electron chi connectivity index (χ3n) is 1.95. The van der Waals surface area contributed by atoms with Gasteiger partial charge in [-0.05, 0) is 6.92 Å². The van der Waals surface area contributed by atoms with E-state index < -0.39 is 35.2 Å². The van der Waals surface area contributed by atoms with Crippen molar-refractivity contribution in [2.75, 3.05) is 13.7 Å². The number of nitrogens with zero attached hydrogens (tertiary/aromatic N) is 1. The molecule has 0 saturated heterocycles. The summed E-state index contributed by atoms with van der Waals surface area (Å²) in [5.41, 5.74) is -1.39. The van der Waals surface area contributed by atoms with Crippen LogP contribution < -0.4 is 4.74 Å². The number of rotatable bonds is 4. The van der Waals surface area contributed by atoms with Crippen LogP contribution in [0.5, 0.6) is 11.6 Å². The minimum absolute atomic E-state index is 0.00555. The van der Waals surface area contributed by atoms with E-state index in [4.69, 9.17) is 0 Å². The number of carbonyl (C=O) groups is 1. The number of aromatic hydroxyl groups is 1. The number of methoxy groups -OCH3 is 1. The van der Waals surface area contributed by atoms with Crippen LogP contribution in [-0.2, 0) is 4.74 Å². The highest BCUT2D eigenvalue weighted by atomic mass is 19.3. The van der Waals surface area contributed by atoms with Crippen molar-refractivity contribution in [2.45, 2.75) is 13.3 Å². The van der Waals surface area contributed by atoms with Crippen molar-refractivity contribution < 1.29 is 28.2 Å². The van der Waals surface area contributed by atoms with Crippen LogP contribution in [-0.4, -0.2) is 29.8 Å². The van der Waals surface area contributed by atoms with Gasteiger partial charge in [0.2, 0.25) is 5.88 Å². The Morgan fingerprint density at radius 2 is 2.24 bits per heavy atom. The Kier molecular flexibility index (Phi) is 4.19. The van der Waals surface area contributed by atoms with Crippen molar-refractivity contribution in [3.05, 3.63) is 17.3 Å². The molecule has 0 aliphatic carbocycles. The van der Waals surface area contributed by atoms with E-state index >= 15 is 0 Å². The molecule has 94 valence electrons. The van der Waals surface area contributed by atoms with Gasteiger partial charge in [0.15, 0.2) is 0 Å². The smallest absolute Gasteiger partial charge is 0.342 e. The summed E-state index contributed by atoms with van der Waals surface area (Å²) < 4.78 is 34.8. The second kappa shape index (κ2) is 5.42. The van der Waals surface area contributed by atoms with Gasteiger partial charge in [0.05, 0.1) is 25.5 Å². The molecular weight excluding hydrogens is 236 g/mol. The van der Waals surface area contributed by atoms with Gasteiger partial charge in [0.25, 0.3) is 6.43 Å². The Hall–Kier alpha value is -1.92. The van der Waals surface area contributed by atoms with Gasteiger partial charge >= 0.3 is 5.97 Å². The van der Waals surface area contributed by atoms with E-state index in [1.54, 1.807) is 0 Å². The standard InChI is InChI=1S/C10H11F2NO4/c1-3-17-10(15)6-5(14)4-13-9(16-2)7(6)8(11)12/h4,8,14H,3H2,1-2H3. The number of hydrogen-bond acceptors (Lipinski definition) is 5. The molecule has 0 aliphatic heterocycles. The largest absolute Gasteiger partial charge is 0.505 e. The Bertz CT molecular complexity index is 423. The van der Waals surface area contributed by atoms with Crippen LogP contribution in [0.25, 0.3) is 0 Å². The van der Waals surface area contributed by atoms with Crippen LogP contribution in [0.1, 0.15) is 29.3 Å². The van der Waals surface area contributed by atoms with Crippen LogP contribution in [0.2, 0.25) is 0 Å². The monoisotopic (exact) mass is 247 g/mol. The summed E-state index contributed by atoms with van der Waals surface area (Å²) in [6.45, 7) is 1.53. The SMILES string of the molecule is CCOC(=O)c1c(O)cnc(OC)c1C(F)F. The van der Waals surface area contributed by atoms with Gasteiger partial charge in [0, 0.05) is 0 Å². The van der Waals surface area contributed by atoms with Crippen LogP contribution in [0.3, 0.4) is 0 Å². The number of esters is 1. The molecule has 17 heavy (non-hydrogen) atoms. The molecule has 0 radical (unpaired) electrons. The van der Waals surface area contributed by atoms with Crippen LogP contribution >= 0.6 is 0 Å². The first-order valence-corrected chi connectivity index (χ1v) is 4.74. The average molecular weight is 247 g/mol. The molecule has 0 amide bonds. The van der Waals surface area contributed by atoms with Gasteiger partial charge in [0.1, 0.15) is 11.3 Å². The minimum atomic E-state index is -3.01. The van der Waals surface area contributed by atoms with Crippen molar-refractivity contribution in [3.63, 3.8) is 0 Å². The highest BCUT2D eigenvalue weighted by molar-refractivity contribution is 5.94. The topological polar surface area (TPSA) is 68.7 Å². The normalized spacial score (nSPS) is 10.4. The predicted molar refractivity (Wildman–Crippen MR) is 53.4 cm³/mol. The van der Waals surface area contributed by atoms with Gasteiger partial charge in [-0.25, -0.2) is 18.6 Å². The molecule has 1 rings (SSSR count). The van der Waals surface area contributed by atoms with E-state index in [0.717, 1.165) is 13.3 Å². The van der Waals surface area contributed by atoms with E-state index in [-0.39, 0.29) is 6.61 Å². The number of alkyl halides is 2. The fourth-order valence-corrected chi connectivity index (χ4v) is 1.28. The first-order chi connectivity index (χ1) is 8.02. The zero-order valence-corrected chi connectivity index (χ0v) is 9.24. The van der Waals surface area contributed by atoms with Crippen molar-refractivity contribution >= 4 is 5.97 Å². The highest BCUT2D eigenvalue weighted by Gasteiger charge is 2.28. The van der Waals surface area contributed by atoms with E-state index in [1.165, 1.54) is 6.92 Å². The second-order valence-electron chi connectivity index (χ2n) is 2.96. The summed E-state index contributed by atoms with van der Waals surface area (Å²) in [5.74, 6) is -2.12. The Morgan fingerprint density at radius 3 is 2.71 bits per heavy atom.